The Balaban J connectivity index is 1.61. The molecule has 1 aromatic carbocycles. The predicted octanol–water partition coefficient (Wildman–Crippen LogP) is 3.45. The van der Waals surface area contributed by atoms with Gasteiger partial charge in [0.1, 0.15) is 11.4 Å². The number of H-pyrrole nitrogens is 1. The lowest BCUT2D eigenvalue weighted by Gasteiger charge is -2.23. The van der Waals surface area contributed by atoms with Gasteiger partial charge < -0.3 is 10.5 Å². The van der Waals surface area contributed by atoms with Crippen molar-refractivity contribution >= 4 is 16.7 Å². The second-order valence-corrected chi connectivity index (χ2v) is 7.87. The molecule has 4 aromatic rings. The number of ether oxygens (including phenoxy) is 1. The van der Waals surface area contributed by atoms with E-state index in [2.05, 4.69) is 26.2 Å². The summed E-state index contributed by atoms with van der Waals surface area (Å²) in [6, 6.07) is 11.3. The van der Waals surface area contributed by atoms with E-state index >= 15 is 0 Å². The lowest BCUT2D eigenvalue weighted by atomic mass is 9.98. The molecule has 1 saturated carbocycles. The largest absolute Gasteiger partial charge is 0.490 e. The van der Waals surface area contributed by atoms with Crippen LogP contribution in [0.3, 0.4) is 0 Å². The zero-order valence-electron chi connectivity index (χ0n) is 17.4. The zero-order valence-corrected chi connectivity index (χ0v) is 17.4. The highest BCUT2D eigenvalue weighted by Crippen LogP contribution is 2.33. The average Bonchev–Trinajstić information content (AvgIpc) is 3.25. The molecule has 3 aromatic heterocycles. The van der Waals surface area contributed by atoms with Gasteiger partial charge in [-0.3, -0.25) is 4.79 Å². The van der Waals surface area contributed by atoms with Crippen molar-refractivity contribution in [3.63, 3.8) is 0 Å². The molecular weight excluding hydrogens is 404 g/mol. The maximum atomic E-state index is 12.4. The molecule has 0 saturated heterocycles. The van der Waals surface area contributed by atoms with Gasteiger partial charge in [0, 0.05) is 5.56 Å². The van der Waals surface area contributed by atoms with Crippen LogP contribution in [0.4, 0.5) is 5.82 Å². The Morgan fingerprint density at radius 1 is 1.12 bits per heavy atom. The average molecular weight is 426 g/mol. The molecule has 0 radical (unpaired) electrons. The molecule has 0 amide bonds. The Morgan fingerprint density at radius 2 is 1.91 bits per heavy atom. The fraction of sp³-hybridized carbons (Fsp3) is 0.250. The van der Waals surface area contributed by atoms with Crippen molar-refractivity contribution in [2.75, 3.05) is 5.73 Å². The zero-order chi connectivity index (χ0) is 22.1. The number of terminal acetylenes is 1. The van der Waals surface area contributed by atoms with Crippen LogP contribution in [0.25, 0.3) is 27.8 Å². The van der Waals surface area contributed by atoms with Gasteiger partial charge in [-0.2, -0.15) is 10.2 Å². The van der Waals surface area contributed by atoms with Gasteiger partial charge in [0.05, 0.1) is 29.1 Å². The van der Waals surface area contributed by atoms with Gasteiger partial charge in [-0.15, -0.1) is 6.42 Å². The highest BCUT2D eigenvalue weighted by Gasteiger charge is 2.21. The highest BCUT2D eigenvalue weighted by atomic mass is 16.5. The first-order valence-corrected chi connectivity index (χ1v) is 10.6. The van der Waals surface area contributed by atoms with Crippen LogP contribution in [0.1, 0.15) is 37.8 Å². The molecule has 8 heteroatoms. The van der Waals surface area contributed by atoms with E-state index < -0.39 is 5.56 Å². The van der Waals surface area contributed by atoms with Gasteiger partial charge >= 0.3 is 0 Å². The second-order valence-electron chi connectivity index (χ2n) is 7.87. The minimum absolute atomic E-state index is 0.191. The first kappa shape index (κ1) is 19.8. The Kier molecular flexibility index (Phi) is 5.07. The molecule has 1 aliphatic rings. The standard InChI is InChI=1S/C24H22N6O2/c1-2-16-10-11-17(14-26-16)30-22(20-21(29-30)24(31)28-27-23(20)25)15-8-12-19(13-9-15)32-18-6-4-3-5-7-18/h1,8-14,18H,3-7H2,(H2,25,27)(H,28,31). The highest BCUT2D eigenvalue weighted by molar-refractivity contribution is 6.00. The topological polar surface area (TPSA) is 112 Å². The lowest BCUT2D eigenvalue weighted by molar-refractivity contribution is 0.155. The smallest absolute Gasteiger partial charge is 0.292 e. The number of hydrogen-bond acceptors (Lipinski definition) is 6. The van der Waals surface area contributed by atoms with Crippen molar-refractivity contribution in [3.05, 3.63) is 58.6 Å². The summed E-state index contributed by atoms with van der Waals surface area (Å²) in [5.74, 6) is 3.51. The van der Waals surface area contributed by atoms with Crippen molar-refractivity contribution in [2.45, 2.75) is 38.2 Å². The third-order valence-electron chi connectivity index (χ3n) is 5.76. The fourth-order valence-electron chi connectivity index (χ4n) is 4.16. The van der Waals surface area contributed by atoms with Gasteiger partial charge in [0.15, 0.2) is 11.3 Å². The van der Waals surface area contributed by atoms with Crippen molar-refractivity contribution < 1.29 is 4.74 Å². The Morgan fingerprint density at radius 3 is 2.59 bits per heavy atom. The minimum atomic E-state index is -0.417. The monoisotopic (exact) mass is 426 g/mol. The second kappa shape index (κ2) is 8.19. The Bertz CT molecular complexity index is 1360. The van der Waals surface area contributed by atoms with Crippen LogP contribution in [0.5, 0.6) is 5.75 Å². The van der Waals surface area contributed by atoms with E-state index in [9.17, 15) is 4.79 Å². The number of benzene rings is 1. The molecule has 0 spiro atoms. The maximum absolute atomic E-state index is 12.4. The van der Waals surface area contributed by atoms with Gasteiger partial charge in [-0.25, -0.2) is 14.8 Å². The molecular formula is C24H22N6O2. The Hall–Kier alpha value is -4.12. The molecule has 3 N–H and O–H groups in total. The van der Waals surface area contributed by atoms with Crippen molar-refractivity contribution in [1.29, 1.82) is 0 Å². The first-order valence-electron chi connectivity index (χ1n) is 10.6. The quantitative estimate of drug-likeness (QED) is 0.484. The van der Waals surface area contributed by atoms with Crippen molar-refractivity contribution in [2.24, 2.45) is 0 Å². The summed E-state index contributed by atoms with van der Waals surface area (Å²) in [6.07, 6.45) is 13.2. The molecule has 1 fully saturated rings. The van der Waals surface area contributed by atoms with Crippen LogP contribution >= 0.6 is 0 Å². The number of nitrogens with two attached hydrogens (primary N) is 1. The number of aromatic nitrogens is 5. The lowest BCUT2D eigenvalue weighted by Crippen LogP contribution is -2.19. The van der Waals surface area contributed by atoms with Crippen LogP contribution in [0.15, 0.2) is 47.4 Å². The number of nitrogens with one attached hydrogen (secondary N) is 1. The SMILES string of the molecule is C#Cc1ccc(-n2nc3c(=O)[nH]nc(N)c3c2-c2ccc(OC3CCCCC3)cc2)cn1. The molecule has 32 heavy (non-hydrogen) atoms. The number of hydrogen-bond donors (Lipinski definition) is 2. The first-order chi connectivity index (χ1) is 15.6. The predicted molar refractivity (Wildman–Crippen MR) is 123 cm³/mol. The van der Waals surface area contributed by atoms with E-state index in [-0.39, 0.29) is 17.4 Å². The normalized spacial score (nSPS) is 14.3. The minimum Gasteiger partial charge on any atom is -0.490 e. The number of fused-ring (bicyclic) bond motifs is 1. The molecule has 0 aliphatic heterocycles. The third-order valence-corrected chi connectivity index (χ3v) is 5.76. The number of nitrogens with zero attached hydrogens (tertiary/aromatic N) is 4. The number of aromatic amines is 1. The molecule has 160 valence electrons. The van der Waals surface area contributed by atoms with Crippen molar-refractivity contribution in [3.8, 4) is 35.0 Å². The van der Waals surface area contributed by atoms with E-state index in [1.165, 1.54) is 19.3 Å². The van der Waals surface area contributed by atoms with Crippen LogP contribution in [0.2, 0.25) is 0 Å². The molecule has 0 bridgehead atoms. The maximum Gasteiger partial charge on any atom is 0.292 e. The van der Waals surface area contributed by atoms with E-state index in [1.807, 2.05) is 24.3 Å². The van der Waals surface area contributed by atoms with Crippen LogP contribution in [-0.2, 0) is 0 Å². The van der Waals surface area contributed by atoms with Crippen LogP contribution in [0, 0.1) is 12.3 Å². The number of anilines is 1. The summed E-state index contributed by atoms with van der Waals surface area (Å²) < 4.78 is 7.80. The summed E-state index contributed by atoms with van der Waals surface area (Å²) in [4.78, 5) is 16.7. The molecule has 0 atom stereocenters. The summed E-state index contributed by atoms with van der Waals surface area (Å²) >= 11 is 0. The van der Waals surface area contributed by atoms with E-state index in [0.717, 1.165) is 24.2 Å². The van der Waals surface area contributed by atoms with Crippen molar-refractivity contribution in [1.82, 2.24) is 25.0 Å². The van der Waals surface area contributed by atoms with Crippen LogP contribution in [-0.4, -0.2) is 31.1 Å². The Labute approximate surface area is 184 Å². The summed E-state index contributed by atoms with van der Waals surface area (Å²) in [5, 5.41) is 11.3. The van der Waals surface area contributed by atoms with Gasteiger partial charge in [-0.05, 0) is 62.1 Å². The number of nitrogen functional groups attached to an aromatic ring is 1. The molecule has 5 rings (SSSR count). The number of pyridine rings is 1. The molecule has 0 unspecified atom stereocenters. The van der Waals surface area contributed by atoms with E-state index in [4.69, 9.17) is 16.9 Å². The molecule has 1 aliphatic carbocycles. The van der Waals surface area contributed by atoms with Gasteiger partial charge in [0.25, 0.3) is 5.56 Å². The summed E-state index contributed by atoms with van der Waals surface area (Å²) in [6.45, 7) is 0. The van der Waals surface area contributed by atoms with E-state index in [0.29, 0.717) is 22.5 Å². The number of rotatable bonds is 4. The summed E-state index contributed by atoms with van der Waals surface area (Å²) in [7, 11) is 0. The fourth-order valence-corrected chi connectivity index (χ4v) is 4.16. The van der Waals surface area contributed by atoms with Gasteiger partial charge in [0.2, 0.25) is 0 Å². The van der Waals surface area contributed by atoms with Gasteiger partial charge in [-0.1, -0.05) is 12.3 Å². The van der Waals surface area contributed by atoms with E-state index in [1.54, 1.807) is 23.0 Å². The third kappa shape index (κ3) is 3.58. The molecule has 3 heterocycles. The summed E-state index contributed by atoms with van der Waals surface area (Å²) in [5.41, 5.74) is 8.57. The molecule has 8 nitrogen and oxygen atoms in total. The van der Waals surface area contributed by atoms with Crippen LogP contribution < -0.4 is 16.0 Å².